The van der Waals surface area contributed by atoms with Gasteiger partial charge in [0.25, 0.3) is 0 Å². The second-order valence-corrected chi connectivity index (χ2v) is 2.81. The number of azo groups is 1. The van der Waals surface area contributed by atoms with Crippen LogP contribution in [0.15, 0.2) is 27.9 Å². The molecule has 0 fully saturated rings. The molecule has 10 heteroatoms. The van der Waals surface area contributed by atoms with Crippen LogP contribution in [0, 0.1) is 0 Å². The van der Waals surface area contributed by atoms with Crippen LogP contribution in [-0.4, -0.2) is 48.9 Å². The Bertz CT molecular complexity index is 437. The van der Waals surface area contributed by atoms with Crippen molar-refractivity contribution in [2.24, 2.45) is 22.3 Å². The van der Waals surface area contributed by atoms with Gasteiger partial charge in [0.05, 0.1) is 0 Å². The fourth-order valence-corrected chi connectivity index (χ4v) is 0.799. The van der Waals surface area contributed by atoms with E-state index in [1.165, 1.54) is 6.33 Å². The third-order valence-corrected chi connectivity index (χ3v) is 1.63. The third kappa shape index (κ3) is 2.68. The number of carboxylic acid groups (broad SMARTS) is 2. The fraction of sp³-hybridized carbons (Fsp3) is 0.286. The van der Waals surface area contributed by atoms with E-state index in [9.17, 15) is 9.59 Å². The van der Waals surface area contributed by atoms with Crippen molar-refractivity contribution in [1.29, 1.82) is 0 Å². The summed E-state index contributed by atoms with van der Waals surface area (Å²) in [5.41, 5.74) is -2.44. The first kappa shape index (κ1) is 12.4. The lowest BCUT2D eigenvalue weighted by Crippen LogP contribution is -2.41. The third-order valence-electron chi connectivity index (χ3n) is 1.63. The van der Waals surface area contributed by atoms with Crippen LogP contribution in [0.25, 0.3) is 0 Å². The highest BCUT2D eigenvalue weighted by molar-refractivity contribution is 6.04. The summed E-state index contributed by atoms with van der Waals surface area (Å²) in [7, 11) is 1.83. The van der Waals surface area contributed by atoms with E-state index < -0.39 is 17.6 Å². The molecule has 0 saturated heterocycles. The highest BCUT2D eigenvalue weighted by Gasteiger charge is 2.49. The first-order chi connectivity index (χ1) is 7.99. The number of carboxylic acids is 2. The number of rotatable bonds is 2. The van der Waals surface area contributed by atoms with Gasteiger partial charge in [-0.1, -0.05) is 0 Å². The molecule has 2 rings (SSSR count). The van der Waals surface area contributed by atoms with Gasteiger partial charge in [-0.2, -0.15) is 5.10 Å². The zero-order chi connectivity index (χ0) is 12.9. The van der Waals surface area contributed by atoms with Crippen molar-refractivity contribution in [3.63, 3.8) is 0 Å². The lowest BCUT2D eigenvalue weighted by atomic mass is 10.2. The summed E-state index contributed by atoms with van der Waals surface area (Å²) in [5, 5.41) is 26.5. The molecule has 0 saturated carbocycles. The zero-order valence-electron chi connectivity index (χ0n) is 8.63. The van der Waals surface area contributed by atoms with Crippen molar-refractivity contribution in [1.82, 2.24) is 14.8 Å². The van der Waals surface area contributed by atoms with Gasteiger partial charge in [-0.15, -0.1) is 10.2 Å². The van der Waals surface area contributed by atoms with E-state index in [4.69, 9.17) is 10.2 Å². The van der Waals surface area contributed by atoms with E-state index in [0.717, 1.165) is 6.34 Å². The Morgan fingerprint density at radius 1 is 1.29 bits per heavy atom. The number of nitrogens with zero attached hydrogens (tertiary/aromatic N) is 6. The Labute approximate surface area is 94.3 Å². The Kier molecular flexibility index (Phi) is 3.59. The first-order valence-corrected chi connectivity index (χ1v) is 4.20. The Hall–Kier alpha value is -2.65. The molecule has 0 aliphatic carbocycles. The van der Waals surface area contributed by atoms with E-state index in [-0.39, 0.29) is 0 Å². The second kappa shape index (κ2) is 4.92. The van der Waals surface area contributed by atoms with Gasteiger partial charge >= 0.3 is 17.6 Å². The quantitative estimate of drug-likeness (QED) is 0.645. The monoisotopic (exact) mass is 240 g/mol. The van der Waals surface area contributed by atoms with Crippen molar-refractivity contribution in [2.45, 2.75) is 5.66 Å². The number of hydrogen-bond acceptors (Lipinski definition) is 7. The summed E-state index contributed by atoms with van der Waals surface area (Å²) >= 11 is 0. The van der Waals surface area contributed by atoms with Crippen LogP contribution in [0.2, 0.25) is 0 Å². The van der Waals surface area contributed by atoms with Crippen molar-refractivity contribution >= 4 is 18.3 Å². The van der Waals surface area contributed by atoms with Crippen LogP contribution in [-0.2, 0) is 16.6 Å². The predicted octanol–water partition coefficient (Wildman–Crippen LogP) is -0.839. The summed E-state index contributed by atoms with van der Waals surface area (Å²) in [4.78, 5) is 27.4. The topological polar surface area (TPSA) is 142 Å². The molecule has 17 heavy (non-hydrogen) atoms. The Morgan fingerprint density at radius 2 is 1.94 bits per heavy atom. The molecule has 2 N–H and O–H groups in total. The minimum Gasteiger partial charge on any atom is -0.477 e. The predicted molar refractivity (Wildman–Crippen MR) is 52.4 cm³/mol. The molecule has 1 aromatic heterocycles. The van der Waals surface area contributed by atoms with E-state index in [1.807, 2.05) is 7.05 Å². The number of aryl methyl sites for hydroxylation is 1. The SMILES string of the molecule is Cn1cncn1.O=C(O)C1(C(=O)O)N=CN=N1. The van der Waals surface area contributed by atoms with Crippen LogP contribution in [0.4, 0.5) is 0 Å². The summed E-state index contributed by atoms with van der Waals surface area (Å²) in [6.45, 7) is 0. The van der Waals surface area contributed by atoms with Crippen LogP contribution >= 0.6 is 0 Å². The molecule has 1 aliphatic heterocycles. The average molecular weight is 240 g/mol. The van der Waals surface area contributed by atoms with E-state index in [0.29, 0.717) is 0 Å². The number of aromatic nitrogens is 3. The molecule has 0 amide bonds. The van der Waals surface area contributed by atoms with Crippen molar-refractivity contribution in [3.8, 4) is 0 Å². The van der Waals surface area contributed by atoms with Gasteiger partial charge < -0.3 is 10.2 Å². The first-order valence-electron chi connectivity index (χ1n) is 4.20. The number of hydrogen-bond donors (Lipinski definition) is 2. The summed E-state index contributed by atoms with van der Waals surface area (Å²) in [6.07, 6.45) is 3.93. The zero-order valence-corrected chi connectivity index (χ0v) is 8.63. The molecule has 0 spiro atoms. The van der Waals surface area contributed by atoms with Crippen molar-refractivity contribution in [2.75, 3.05) is 0 Å². The van der Waals surface area contributed by atoms with Crippen LogP contribution < -0.4 is 0 Å². The minimum atomic E-state index is -2.44. The lowest BCUT2D eigenvalue weighted by molar-refractivity contribution is -0.156. The number of carbonyl (C=O) groups is 2. The van der Waals surface area contributed by atoms with Gasteiger partial charge in [0.1, 0.15) is 19.0 Å². The van der Waals surface area contributed by atoms with Gasteiger partial charge in [-0.05, 0) is 0 Å². The van der Waals surface area contributed by atoms with Crippen LogP contribution in [0.1, 0.15) is 0 Å². The smallest absolute Gasteiger partial charge is 0.368 e. The van der Waals surface area contributed by atoms with Gasteiger partial charge in [0.15, 0.2) is 0 Å². The van der Waals surface area contributed by atoms with Crippen molar-refractivity contribution in [3.05, 3.63) is 12.7 Å². The van der Waals surface area contributed by atoms with Gasteiger partial charge in [-0.3, -0.25) is 4.68 Å². The fourth-order valence-electron chi connectivity index (χ4n) is 0.799. The van der Waals surface area contributed by atoms with Crippen molar-refractivity contribution < 1.29 is 19.8 Å². The molecule has 10 nitrogen and oxygen atoms in total. The van der Waals surface area contributed by atoms with Crippen LogP contribution in [0.3, 0.4) is 0 Å². The maximum Gasteiger partial charge on any atom is 0.368 e. The summed E-state index contributed by atoms with van der Waals surface area (Å²) < 4.78 is 1.64. The Morgan fingerprint density at radius 3 is 2.12 bits per heavy atom. The van der Waals surface area contributed by atoms with E-state index >= 15 is 0 Å². The highest BCUT2D eigenvalue weighted by Crippen LogP contribution is 2.17. The van der Waals surface area contributed by atoms with Gasteiger partial charge in [0, 0.05) is 7.05 Å². The minimum absolute atomic E-state index is 0.794. The summed E-state index contributed by atoms with van der Waals surface area (Å²) in [5.74, 6) is -3.30. The number of aliphatic imine (C=N–C) groups is 1. The van der Waals surface area contributed by atoms with Gasteiger partial charge in [0.2, 0.25) is 0 Å². The molecule has 0 unspecified atom stereocenters. The van der Waals surface area contributed by atoms with Crippen LogP contribution in [0.5, 0.6) is 0 Å². The molecule has 0 radical (unpaired) electrons. The van der Waals surface area contributed by atoms with E-state index in [1.54, 1.807) is 11.0 Å². The normalized spacial score (nSPS) is 15.1. The molecule has 1 aromatic rings. The molecule has 2 heterocycles. The molecular weight excluding hydrogens is 232 g/mol. The highest BCUT2D eigenvalue weighted by atomic mass is 16.4. The number of aliphatic carboxylic acids is 2. The maximum atomic E-state index is 10.3. The average Bonchev–Trinajstić information content (AvgIpc) is 2.88. The summed E-state index contributed by atoms with van der Waals surface area (Å²) in [6, 6.07) is 0. The Balaban J connectivity index is 0.000000202. The standard InChI is InChI=1S/C4H3N3O4.C3H5N3/c8-2(9)4(3(10)11)5-1-6-7-4;1-6-3-4-2-5-6/h1H,(H,8,9)(H,10,11);2-3H,1H3. The van der Waals surface area contributed by atoms with E-state index in [2.05, 4.69) is 25.3 Å². The molecule has 90 valence electrons. The lowest BCUT2D eigenvalue weighted by Gasteiger charge is -2.08. The second-order valence-electron chi connectivity index (χ2n) is 2.81. The molecule has 1 aliphatic rings. The molecular formula is C7H8N6O4. The van der Waals surface area contributed by atoms with Gasteiger partial charge in [-0.25, -0.2) is 19.6 Å². The molecule has 0 atom stereocenters. The largest absolute Gasteiger partial charge is 0.477 e. The maximum absolute atomic E-state index is 10.3. The molecule has 0 aromatic carbocycles. The molecule has 0 bridgehead atoms.